The predicted octanol–water partition coefficient (Wildman–Crippen LogP) is 5.46. The van der Waals surface area contributed by atoms with Gasteiger partial charge in [-0.1, -0.05) is 43.0 Å². The Hall–Kier alpha value is -3.07. The molecule has 3 rings (SSSR count). The molecule has 0 bridgehead atoms. The Kier molecular flexibility index (Phi) is 7.17. The monoisotopic (exact) mass is 447 g/mol. The average molecular weight is 447 g/mol. The number of hydrogen-bond donors (Lipinski definition) is 1. The third-order valence-corrected chi connectivity index (χ3v) is 5.37. The molecule has 162 valence electrons. The second-order valence-corrected chi connectivity index (χ2v) is 7.55. The van der Waals surface area contributed by atoms with Gasteiger partial charge in [0, 0.05) is 5.56 Å². The van der Waals surface area contributed by atoms with E-state index in [4.69, 9.17) is 4.74 Å². The van der Waals surface area contributed by atoms with Crippen molar-refractivity contribution in [2.75, 3.05) is 18.2 Å². The number of rotatable bonds is 7. The molecule has 3 aromatic rings. The molecular formula is C22H20F3N3O2S. The smallest absolute Gasteiger partial charge is 0.416 e. The topological polar surface area (TPSA) is 64.1 Å². The zero-order valence-corrected chi connectivity index (χ0v) is 17.7. The summed E-state index contributed by atoms with van der Waals surface area (Å²) in [5.74, 6) is -0.383. The lowest BCUT2D eigenvalue weighted by molar-refractivity contribution is -0.137. The summed E-state index contributed by atoms with van der Waals surface area (Å²) in [5.41, 5.74) is 1.97. The number of methoxy groups -OCH3 is 1. The van der Waals surface area contributed by atoms with E-state index in [-0.39, 0.29) is 17.2 Å². The number of carbonyl (C=O) groups is 1. The maximum Gasteiger partial charge on any atom is 0.416 e. The van der Waals surface area contributed by atoms with Gasteiger partial charge in [0.2, 0.25) is 5.91 Å². The molecule has 31 heavy (non-hydrogen) atoms. The van der Waals surface area contributed by atoms with Crippen LogP contribution in [0.4, 0.5) is 18.9 Å². The summed E-state index contributed by atoms with van der Waals surface area (Å²) >= 11 is 1.13. The molecule has 1 amide bonds. The zero-order chi connectivity index (χ0) is 22.4. The Morgan fingerprint density at radius 3 is 2.39 bits per heavy atom. The molecule has 0 saturated carbocycles. The van der Waals surface area contributed by atoms with E-state index >= 15 is 0 Å². The van der Waals surface area contributed by atoms with Gasteiger partial charge in [-0.15, -0.1) is 10.2 Å². The summed E-state index contributed by atoms with van der Waals surface area (Å²) in [6.45, 7) is 2.08. The zero-order valence-electron chi connectivity index (χ0n) is 16.9. The van der Waals surface area contributed by atoms with Gasteiger partial charge >= 0.3 is 6.18 Å². The molecular weight excluding hydrogens is 427 g/mol. The summed E-state index contributed by atoms with van der Waals surface area (Å²) in [5, 5.41) is 11.3. The lowest BCUT2D eigenvalue weighted by Gasteiger charge is -2.13. The first-order valence-electron chi connectivity index (χ1n) is 9.41. The van der Waals surface area contributed by atoms with E-state index in [2.05, 4.69) is 22.4 Å². The number of nitrogens with zero attached hydrogens (tertiary/aromatic N) is 2. The van der Waals surface area contributed by atoms with Crippen LogP contribution >= 0.6 is 11.8 Å². The number of nitrogens with one attached hydrogen (secondary N) is 1. The van der Waals surface area contributed by atoms with Gasteiger partial charge in [0.05, 0.1) is 29.8 Å². The molecule has 0 spiro atoms. The highest BCUT2D eigenvalue weighted by molar-refractivity contribution is 7.99. The minimum Gasteiger partial charge on any atom is -0.495 e. The number of aromatic nitrogens is 2. The van der Waals surface area contributed by atoms with Crippen molar-refractivity contribution in [3.05, 3.63) is 65.7 Å². The fourth-order valence-electron chi connectivity index (χ4n) is 2.77. The largest absolute Gasteiger partial charge is 0.495 e. The lowest BCUT2D eigenvalue weighted by atomic mass is 10.1. The van der Waals surface area contributed by atoms with Gasteiger partial charge in [-0.3, -0.25) is 4.79 Å². The predicted molar refractivity (Wildman–Crippen MR) is 114 cm³/mol. The minimum absolute atomic E-state index is 0.0418. The number of anilines is 1. The van der Waals surface area contributed by atoms with Crippen molar-refractivity contribution in [1.82, 2.24) is 10.2 Å². The number of carbonyl (C=O) groups excluding carboxylic acids is 1. The van der Waals surface area contributed by atoms with Crippen LogP contribution < -0.4 is 10.1 Å². The van der Waals surface area contributed by atoms with Crippen LogP contribution in [-0.2, 0) is 17.4 Å². The van der Waals surface area contributed by atoms with E-state index in [0.29, 0.717) is 10.7 Å². The van der Waals surface area contributed by atoms with Crippen LogP contribution in [0, 0.1) is 0 Å². The maximum absolute atomic E-state index is 12.9. The van der Waals surface area contributed by atoms with Crippen LogP contribution in [0.5, 0.6) is 5.75 Å². The number of hydrogen-bond acceptors (Lipinski definition) is 5. The fourth-order valence-corrected chi connectivity index (χ4v) is 3.38. The highest BCUT2D eigenvalue weighted by Gasteiger charge is 2.31. The summed E-state index contributed by atoms with van der Waals surface area (Å²) in [4.78, 5) is 12.2. The molecule has 0 atom stereocenters. The molecule has 0 aliphatic heterocycles. The van der Waals surface area contributed by atoms with E-state index in [1.54, 1.807) is 6.07 Å². The second-order valence-electron chi connectivity index (χ2n) is 6.56. The van der Waals surface area contributed by atoms with E-state index in [1.165, 1.54) is 18.7 Å². The number of benzene rings is 2. The quantitative estimate of drug-likeness (QED) is 0.487. The first kappa shape index (κ1) is 22.6. The standard InChI is InChI=1S/C22H20F3N3O2S/c1-3-14-4-6-15(7-5-14)17-9-11-21(28-27-17)31-13-20(29)26-18-12-16(22(23,24)25)8-10-19(18)30-2/h4-12H,3,13H2,1-2H3,(H,26,29). The molecule has 0 unspecified atom stereocenters. The summed E-state index contributed by atoms with van der Waals surface area (Å²) in [7, 11) is 1.32. The molecule has 1 aromatic heterocycles. The number of ether oxygens (including phenoxy) is 1. The van der Waals surface area contributed by atoms with Crippen molar-refractivity contribution < 1.29 is 22.7 Å². The van der Waals surface area contributed by atoms with Crippen LogP contribution in [0.2, 0.25) is 0 Å². The van der Waals surface area contributed by atoms with Crippen molar-refractivity contribution >= 4 is 23.4 Å². The number of thioether (sulfide) groups is 1. The van der Waals surface area contributed by atoms with Gasteiger partial charge in [-0.05, 0) is 42.3 Å². The van der Waals surface area contributed by atoms with Crippen LogP contribution in [0.15, 0.2) is 59.6 Å². The Labute approximate surface area is 182 Å². The molecule has 9 heteroatoms. The maximum atomic E-state index is 12.9. The van der Waals surface area contributed by atoms with E-state index < -0.39 is 17.6 Å². The molecule has 0 radical (unpaired) electrons. The second kappa shape index (κ2) is 9.82. The molecule has 0 aliphatic carbocycles. The van der Waals surface area contributed by atoms with Gasteiger partial charge in [-0.2, -0.15) is 13.2 Å². The van der Waals surface area contributed by atoms with Gasteiger partial charge in [-0.25, -0.2) is 0 Å². The van der Waals surface area contributed by atoms with E-state index in [9.17, 15) is 18.0 Å². The van der Waals surface area contributed by atoms with Crippen LogP contribution in [-0.4, -0.2) is 29.0 Å². The number of aryl methyl sites for hydroxylation is 1. The fraction of sp³-hybridized carbons (Fsp3) is 0.227. The molecule has 1 heterocycles. The van der Waals surface area contributed by atoms with E-state index in [1.807, 2.05) is 30.3 Å². The van der Waals surface area contributed by atoms with Crippen LogP contribution in [0.1, 0.15) is 18.1 Å². The Morgan fingerprint density at radius 1 is 1.06 bits per heavy atom. The SMILES string of the molecule is CCc1ccc(-c2ccc(SCC(=O)Nc3cc(C(F)(F)F)ccc3OC)nn2)cc1. The minimum atomic E-state index is -4.52. The normalized spacial score (nSPS) is 11.3. The molecule has 2 aromatic carbocycles. The van der Waals surface area contributed by atoms with Crippen molar-refractivity contribution in [2.24, 2.45) is 0 Å². The lowest BCUT2D eigenvalue weighted by Crippen LogP contribution is -2.16. The third-order valence-electron chi connectivity index (χ3n) is 4.45. The molecule has 5 nitrogen and oxygen atoms in total. The molecule has 0 fully saturated rings. The average Bonchev–Trinajstić information content (AvgIpc) is 2.77. The van der Waals surface area contributed by atoms with E-state index in [0.717, 1.165) is 35.9 Å². The molecule has 1 N–H and O–H groups in total. The van der Waals surface area contributed by atoms with Gasteiger partial charge in [0.1, 0.15) is 10.8 Å². The van der Waals surface area contributed by atoms with Crippen molar-refractivity contribution in [3.63, 3.8) is 0 Å². The highest BCUT2D eigenvalue weighted by atomic mass is 32.2. The Morgan fingerprint density at radius 2 is 1.81 bits per heavy atom. The third kappa shape index (κ3) is 5.97. The summed E-state index contributed by atoms with van der Waals surface area (Å²) in [6, 6.07) is 14.5. The molecule has 0 aliphatic rings. The number of amides is 1. The summed E-state index contributed by atoms with van der Waals surface area (Å²) in [6.07, 6.45) is -3.56. The van der Waals surface area contributed by atoms with Crippen molar-refractivity contribution in [1.29, 1.82) is 0 Å². The van der Waals surface area contributed by atoms with Crippen molar-refractivity contribution in [2.45, 2.75) is 24.5 Å². The van der Waals surface area contributed by atoms with Crippen LogP contribution in [0.25, 0.3) is 11.3 Å². The Balaban J connectivity index is 1.62. The van der Waals surface area contributed by atoms with Gasteiger partial charge < -0.3 is 10.1 Å². The number of alkyl halides is 3. The first-order chi connectivity index (χ1) is 14.8. The Bertz CT molecular complexity index is 1040. The highest BCUT2D eigenvalue weighted by Crippen LogP contribution is 2.35. The summed E-state index contributed by atoms with van der Waals surface area (Å²) < 4.78 is 43.8. The van der Waals surface area contributed by atoms with Gasteiger partial charge in [0.25, 0.3) is 0 Å². The first-order valence-corrected chi connectivity index (χ1v) is 10.4. The van der Waals surface area contributed by atoms with Crippen molar-refractivity contribution in [3.8, 4) is 17.0 Å². The van der Waals surface area contributed by atoms with Crippen LogP contribution in [0.3, 0.4) is 0 Å². The number of halogens is 3. The molecule has 0 saturated heterocycles. The van der Waals surface area contributed by atoms with Gasteiger partial charge in [0.15, 0.2) is 0 Å².